The van der Waals surface area contributed by atoms with Gasteiger partial charge in [-0.3, -0.25) is 4.98 Å². The number of hydrogen-bond acceptors (Lipinski definition) is 5. The van der Waals surface area contributed by atoms with Crippen LogP contribution in [0.15, 0.2) is 60.1 Å². The third kappa shape index (κ3) is 4.15. The van der Waals surface area contributed by atoms with E-state index in [4.69, 9.17) is 0 Å². The Morgan fingerprint density at radius 1 is 1.13 bits per heavy atom. The van der Waals surface area contributed by atoms with Gasteiger partial charge in [0.2, 0.25) is 0 Å². The van der Waals surface area contributed by atoms with Crippen LogP contribution in [0.1, 0.15) is 12.6 Å². The van der Waals surface area contributed by atoms with Crippen LogP contribution in [0.4, 0.5) is 5.69 Å². The number of para-hydroxylation sites is 1. The lowest BCUT2D eigenvalue weighted by Crippen LogP contribution is -2.30. The smallest absolute Gasteiger partial charge is 0.142 e. The number of nitrogens with zero attached hydrogens (tertiary/aromatic N) is 3. The zero-order valence-corrected chi connectivity index (χ0v) is 13.8. The van der Waals surface area contributed by atoms with Crippen molar-refractivity contribution >= 4 is 17.0 Å². The van der Waals surface area contributed by atoms with Crippen molar-refractivity contribution < 1.29 is 5.11 Å². The van der Waals surface area contributed by atoms with Gasteiger partial charge in [0.05, 0.1) is 24.0 Å². The molecule has 2 aromatic heterocycles. The maximum atomic E-state index is 9.78. The fourth-order valence-electron chi connectivity index (χ4n) is 2.40. The summed E-state index contributed by atoms with van der Waals surface area (Å²) in [6.07, 6.45) is 1.38. The number of aliphatic hydroxyl groups is 1. The topological polar surface area (TPSA) is 49.2 Å². The molecule has 0 radical (unpaired) electrons. The molecule has 0 spiro atoms. The second-order valence-electron chi connectivity index (χ2n) is 5.42. The Labute approximate surface area is 140 Å². The minimum Gasteiger partial charge on any atom is -0.392 e. The van der Waals surface area contributed by atoms with E-state index in [2.05, 4.69) is 32.4 Å². The lowest BCUT2D eigenvalue weighted by atomic mass is 10.2. The quantitative estimate of drug-likeness (QED) is 0.752. The molecule has 23 heavy (non-hydrogen) atoms. The lowest BCUT2D eigenvalue weighted by molar-refractivity contribution is 0.199. The van der Waals surface area contributed by atoms with E-state index in [9.17, 15) is 5.11 Å². The van der Waals surface area contributed by atoms with Gasteiger partial charge in [-0.25, -0.2) is 4.98 Å². The monoisotopic (exact) mass is 325 g/mol. The molecule has 0 bridgehead atoms. The summed E-state index contributed by atoms with van der Waals surface area (Å²) >= 11 is 1.60. The molecule has 1 aromatic carbocycles. The minimum absolute atomic E-state index is 0.399. The van der Waals surface area contributed by atoms with E-state index in [1.807, 2.05) is 36.4 Å². The van der Waals surface area contributed by atoms with Gasteiger partial charge in [-0.1, -0.05) is 24.3 Å². The Hall–Kier alpha value is -2.24. The minimum atomic E-state index is -0.399. The van der Waals surface area contributed by atoms with Crippen molar-refractivity contribution in [3.63, 3.8) is 0 Å². The summed E-state index contributed by atoms with van der Waals surface area (Å²) in [6, 6.07) is 15.9. The number of anilines is 1. The maximum Gasteiger partial charge on any atom is 0.142 e. The van der Waals surface area contributed by atoms with Gasteiger partial charge in [0.15, 0.2) is 0 Å². The summed E-state index contributed by atoms with van der Waals surface area (Å²) in [5.74, 6) is 0. The first kappa shape index (κ1) is 15.6. The van der Waals surface area contributed by atoms with Crippen molar-refractivity contribution in [3.05, 3.63) is 65.8 Å². The molecule has 1 unspecified atom stereocenters. The highest BCUT2D eigenvalue weighted by Gasteiger charge is 2.13. The van der Waals surface area contributed by atoms with Gasteiger partial charge in [0, 0.05) is 23.8 Å². The van der Waals surface area contributed by atoms with E-state index in [0.29, 0.717) is 13.1 Å². The van der Waals surface area contributed by atoms with Crippen LogP contribution < -0.4 is 4.90 Å². The fraction of sp³-hybridized carbons (Fsp3) is 0.222. The Bertz CT molecular complexity index is 728. The number of rotatable bonds is 6. The molecule has 0 saturated heterocycles. The largest absolute Gasteiger partial charge is 0.392 e. The molecule has 0 aliphatic heterocycles. The standard InChI is InChI=1S/C18H19N3OS/c1-14(22)11-21(16-7-3-2-4-8-16)12-15-13-23-18(20-15)17-9-5-6-10-19-17/h2-10,13-14,22H,11-12H2,1H3. The van der Waals surface area contributed by atoms with E-state index in [1.54, 1.807) is 24.5 Å². The number of pyridine rings is 1. The van der Waals surface area contributed by atoms with E-state index in [-0.39, 0.29) is 0 Å². The summed E-state index contributed by atoms with van der Waals surface area (Å²) in [5.41, 5.74) is 2.96. The summed E-state index contributed by atoms with van der Waals surface area (Å²) in [7, 11) is 0. The number of hydrogen-bond donors (Lipinski definition) is 1. The second-order valence-corrected chi connectivity index (χ2v) is 6.28. The molecule has 0 aliphatic rings. The molecule has 5 heteroatoms. The van der Waals surface area contributed by atoms with Crippen LogP contribution in [-0.4, -0.2) is 27.7 Å². The van der Waals surface area contributed by atoms with Crippen molar-refractivity contribution in [1.29, 1.82) is 0 Å². The van der Waals surface area contributed by atoms with Crippen molar-refractivity contribution in [2.45, 2.75) is 19.6 Å². The third-order valence-electron chi connectivity index (χ3n) is 3.39. The number of thiazole rings is 1. The molecule has 1 N–H and O–H groups in total. The highest BCUT2D eigenvalue weighted by Crippen LogP contribution is 2.23. The average Bonchev–Trinajstić information content (AvgIpc) is 3.04. The van der Waals surface area contributed by atoms with Crippen LogP contribution in [0.25, 0.3) is 10.7 Å². The van der Waals surface area contributed by atoms with Gasteiger partial charge < -0.3 is 10.0 Å². The number of aliphatic hydroxyl groups excluding tert-OH is 1. The van der Waals surface area contributed by atoms with Gasteiger partial charge in [-0.15, -0.1) is 11.3 Å². The van der Waals surface area contributed by atoms with Gasteiger partial charge in [-0.05, 0) is 31.2 Å². The lowest BCUT2D eigenvalue weighted by Gasteiger charge is -2.25. The summed E-state index contributed by atoms with van der Waals surface area (Å²) < 4.78 is 0. The first-order valence-corrected chi connectivity index (χ1v) is 8.44. The number of benzene rings is 1. The Morgan fingerprint density at radius 3 is 2.61 bits per heavy atom. The predicted octanol–water partition coefficient (Wildman–Crippen LogP) is 3.59. The van der Waals surface area contributed by atoms with Crippen molar-refractivity contribution in [1.82, 2.24) is 9.97 Å². The molecule has 0 saturated carbocycles. The highest BCUT2D eigenvalue weighted by molar-refractivity contribution is 7.13. The first-order valence-electron chi connectivity index (χ1n) is 7.56. The van der Waals surface area contributed by atoms with Crippen molar-refractivity contribution in [2.75, 3.05) is 11.4 Å². The van der Waals surface area contributed by atoms with Crippen LogP contribution in [0.3, 0.4) is 0 Å². The van der Waals surface area contributed by atoms with E-state index in [1.165, 1.54) is 0 Å². The van der Waals surface area contributed by atoms with Crippen molar-refractivity contribution in [2.24, 2.45) is 0 Å². The first-order chi connectivity index (χ1) is 11.2. The van der Waals surface area contributed by atoms with Crippen LogP contribution in [0.2, 0.25) is 0 Å². The molecule has 0 amide bonds. The van der Waals surface area contributed by atoms with E-state index in [0.717, 1.165) is 22.1 Å². The number of aromatic nitrogens is 2. The Balaban J connectivity index is 1.79. The molecule has 0 fully saturated rings. The zero-order valence-electron chi connectivity index (χ0n) is 13.0. The van der Waals surface area contributed by atoms with Crippen LogP contribution in [0, 0.1) is 0 Å². The van der Waals surface area contributed by atoms with Gasteiger partial charge in [0.1, 0.15) is 5.01 Å². The van der Waals surface area contributed by atoms with Crippen molar-refractivity contribution in [3.8, 4) is 10.7 Å². The molecule has 3 rings (SSSR count). The molecule has 3 aromatic rings. The molecular formula is C18H19N3OS. The van der Waals surface area contributed by atoms with E-state index < -0.39 is 6.10 Å². The van der Waals surface area contributed by atoms with Crippen LogP contribution in [-0.2, 0) is 6.54 Å². The molecule has 2 heterocycles. The van der Waals surface area contributed by atoms with Gasteiger partial charge in [0.25, 0.3) is 0 Å². The molecule has 1 atom stereocenters. The van der Waals surface area contributed by atoms with Gasteiger partial charge in [-0.2, -0.15) is 0 Å². The molecule has 118 valence electrons. The summed E-state index contributed by atoms with van der Waals surface area (Å²) in [6.45, 7) is 3.04. The van der Waals surface area contributed by atoms with Gasteiger partial charge >= 0.3 is 0 Å². The molecule has 0 aliphatic carbocycles. The van der Waals surface area contributed by atoms with E-state index >= 15 is 0 Å². The predicted molar refractivity (Wildman–Crippen MR) is 94.5 cm³/mol. The zero-order chi connectivity index (χ0) is 16.1. The molecule has 4 nitrogen and oxygen atoms in total. The summed E-state index contributed by atoms with van der Waals surface area (Å²) in [5, 5.41) is 12.8. The average molecular weight is 325 g/mol. The second kappa shape index (κ2) is 7.35. The van der Waals surface area contributed by atoms with Crippen LogP contribution in [0.5, 0.6) is 0 Å². The highest BCUT2D eigenvalue weighted by atomic mass is 32.1. The maximum absolute atomic E-state index is 9.78. The molecular weight excluding hydrogens is 306 g/mol. The SMILES string of the molecule is CC(O)CN(Cc1csc(-c2ccccn2)n1)c1ccccc1. The van der Waals surface area contributed by atoms with Crippen LogP contribution >= 0.6 is 11.3 Å². The third-order valence-corrected chi connectivity index (χ3v) is 4.31. The summed E-state index contributed by atoms with van der Waals surface area (Å²) in [4.78, 5) is 11.2. The Morgan fingerprint density at radius 2 is 1.91 bits per heavy atom. The Kier molecular flexibility index (Phi) is 5.00. The normalized spacial score (nSPS) is 12.1. The fourth-order valence-corrected chi connectivity index (χ4v) is 3.19.